The number of nitrogens with two attached hydrogens (primary N) is 2. The molecule has 0 spiro atoms. The number of benzene rings is 1. The van der Waals surface area contributed by atoms with E-state index in [9.17, 15) is 9.59 Å². The van der Waals surface area contributed by atoms with Crippen molar-refractivity contribution >= 4 is 22.8 Å². The molecule has 0 aliphatic carbocycles. The summed E-state index contributed by atoms with van der Waals surface area (Å²) in [5.41, 5.74) is 13.7. The highest BCUT2D eigenvalue weighted by atomic mass is 16.2. The van der Waals surface area contributed by atoms with E-state index in [0.29, 0.717) is 35.9 Å². The number of aromatic nitrogens is 4. The zero-order valence-electron chi connectivity index (χ0n) is 15.4. The minimum absolute atomic E-state index is 0.0618. The van der Waals surface area contributed by atoms with Crippen LogP contribution in [-0.2, 0) is 20.6 Å². The van der Waals surface area contributed by atoms with Gasteiger partial charge in [0.05, 0.1) is 6.54 Å². The fourth-order valence-electron chi connectivity index (χ4n) is 3.64. The molecule has 4 rings (SSSR count). The monoisotopic (exact) mass is 369 g/mol. The van der Waals surface area contributed by atoms with E-state index < -0.39 is 5.69 Å². The Morgan fingerprint density at radius 3 is 2.59 bits per heavy atom. The van der Waals surface area contributed by atoms with Crippen LogP contribution < -0.4 is 27.6 Å². The third-order valence-corrected chi connectivity index (χ3v) is 5.22. The van der Waals surface area contributed by atoms with Crippen LogP contribution in [0.2, 0.25) is 0 Å². The highest BCUT2D eigenvalue weighted by molar-refractivity contribution is 5.75. The topological polar surface area (TPSA) is 117 Å². The van der Waals surface area contributed by atoms with Crippen molar-refractivity contribution in [2.45, 2.75) is 19.0 Å². The Bertz CT molecular complexity index is 1140. The number of nitrogen functional groups attached to an aromatic ring is 1. The summed E-state index contributed by atoms with van der Waals surface area (Å²) < 4.78 is 4.36. The van der Waals surface area contributed by atoms with Crippen LogP contribution in [0, 0.1) is 0 Å². The molecule has 3 heterocycles. The molecule has 2 aromatic heterocycles. The van der Waals surface area contributed by atoms with E-state index in [1.54, 1.807) is 7.05 Å². The Hall–Kier alpha value is -3.07. The van der Waals surface area contributed by atoms with Crippen molar-refractivity contribution in [3.05, 3.63) is 50.7 Å². The van der Waals surface area contributed by atoms with E-state index in [2.05, 4.69) is 9.88 Å². The van der Waals surface area contributed by atoms with Gasteiger partial charge in [0.2, 0.25) is 5.95 Å². The maximum absolute atomic E-state index is 12.9. The zero-order valence-corrected chi connectivity index (χ0v) is 15.4. The summed E-state index contributed by atoms with van der Waals surface area (Å²) in [7, 11) is 3.10. The van der Waals surface area contributed by atoms with E-state index in [0.717, 1.165) is 23.1 Å². The fourth-order valence-corrected chi connectivity index (χ4v) is 3.64. The van der Waals surface area contributed by atoms with Crippen LogP contribution in [0.15, 0.2) is 33.9 Å². The molecule has 0 bridgehead atoms. The molecule has 4 N–H and O–H groups in total. The van der Waals surface area contributed by atoms with Crippen molar-refractivity contribution in [1.82, 2.24) is 18.7 Å². The normalized spacial score (nSPS) is 17.1. The van der Waals surface area contributed by atoms with Crippen LogP contribution in [0.3, 0.4) is 0 Å². The molecule has 0 saturated carbocycles. The highest BCUT2D eigenvalue weighted by Crippen LogP contribution is 2.25. The first-order valence-electron chi connectivity index (χ1n) is 8.88. The molecular formula is C18H23N7O2. The number of imidazole rings is 1. The molecule has 1 atom stereocenters. The minimum Gasteiger partial charge on any atom is -0.398 e. The molecule has 9 nitrogen and oxygen atoms in total. The Morgan fingerprint density at radius 2 is 1.93 bits per heavy atom. The summed E-state index contributed by atoms with van der Waals surface area (Å²) >= 11 is 0. The molecule has 1 aliphatic heterocycles. The molecule has 1 aromatic carbocycles. The summed E-state index contributed by atoms with van der Waals surface area (Å²) in [4.78, 5) is 32.0. The summed E-state index contributed by atoms with van der Waals surface area (Å²) in [6.07, 6.45) is 0.855. The summed E-state index contributed by atoms with van der Waals surface area (Å²) in [6, 6.07) is 7.59. The van der Waals surface area contributed by atoms with Gasteiger partial charge in [0.1, 0.15) is 0 Å². The second-order valence-electron chi connectivity index (χ2n) is 7.07. The molecule has 0 amide bonds. The Kier molecular flexibility index (Phi) is 4.03. The van der Waals surface area contributed by atoms with Gasteiger partial charge in [0.15, 0.2) is 11.2 Å². The Balaban J connectivity index is 2.00. The third kappa shape index (κ3) is 2.71. The van der Waals surface area contributed by atoms with Gasteiger partial charge < -0.3 is 16.4 Å². The van der Waals surface area contributed by atoms with Crippen molar-refractivity contribution in [3.63, 3.8) is 0 Å². The first-order chi connectivity index (χ1) is 12.9. The van der Waals surface area contributed by atoms with E-state index in [4.69, 9.17) is 11.5 Å². The molecule has 3 aromatic rings. The van der Waals surface area contributed by atoms with E-state index in [1.165, 1.54) is 11.6 Å². The summed E-state index contributed by atoms with van der Waals surface area (Å²) in [5.74, 6) is 0.638. The zero-order chi connectivity index (χ0) is 19.3. The molecule has 9 heteroatoms. The number of hydrogen-bond acceptors (Lipinski definition) is 6. The minimum atomic E-state index is -0.402. The lowest BCUT2D eigenvalue weighted by Gasteiger charge is -2.19. The van der Waals surface area contributed by atoms with Gasteiger partial charge in [-0.25, -0.2) is 4.79 Å². The number of nitrogens with zero attached hydrogens (tertiary/aromatic N) is 5. The van der Waals surface area contributed by atoms with Crippen LogP contribution in [0.4, 0.5) is 11.6 Å². The van der Waals surface area contributed by atoms with Gasteiger partial charge in [-0.1, -0.05) is 18.2 Å². The van der Waals surface area contributed by atoms with Crippen molar-refractivity contribution < 1.29 is 0 Å². The number of rotatable bonds is 3. The number of hydrogen-bond donors (Lipinski definition) is 2. The second-order valence-corrected chi connectivity index (χ2v) is 7.07. The second kappa shape index (κ2) is 6.27. The van der Waals surface area contributed by atoms with Crippen molar-refractivity contribution in [3.8, 4) is 0 Å². The van der Waals surface area contributed by atoms with Crippen molar-refractivity contribution in [2.24, 2.45) is 19.8 Å². The predicted octanol–water partition coefficient (Wildman–Crippen LogP) is -0.398. The molecule has 0 radical (unpaired) electrons. The molecule has 1 saturated heterocycles. The lowest BCUT2D eigenvalue weighted by molar-refractivity contribution is 0.701. The van der Waals surface area contributed by atoms with Gasteiger partial charge in [-0.15, -0.1) is 0 Å². The molecule has 1 aliphatic rings. The smallest absolute Gasteiger partial charge is 0.332 e. The number of para-hydroxylation sites is 1. The lowest BCUT2D eigenvalue weighted by atomic mass is 10.2. The van der Waals surface area contributed by atoms with Gasteiger partial charge in [0.25, 0.3) is 5.56 Å². The van der Waals surface area contributed by atoms with E-state index in [-0.39, 0.29) is 11.6 Å². The van der Waals surface area contributed by atoms with Gasteiger partial charge in [-0.3, -0.25) is 18.5 Å². The SMILES string of the molecule is Cn1c(=O)c2c(nc(N3CCC(N)C3)n2Cc2ccccc2N)n(C)c1=O. The fraction of sp³-hybridized carbons (Fsp3) is 0.389. The summed E-state index contributed by atoms with van der Waals surface area (Å²) in [6.45, 7) is 1.79. The van der Waals surface area contributed by atoms with Crippen LogP contribution in [0.25, 0.3) is 11.2 Å². The molecule has 27 heavy (non-hydrogen) atoms. The molecule has 1 fully saturated rings. The highest BCUT2D eigenvalue weighted by Gasteiger charge is 2.27. The number of aryl methyl sites for hydroxylation is 1. The standard InChI is InChI=1S/C18H23N7O2/c1-22-15-14(16(26)23(2)18(22)27)25(9-11-5-3-4-6-13(11)20)17(21-15)24-8-7-12(19)10-24/h3-6,12H,7-10,19-20H2,1-2H3. The van der Waals surface area contributed by atoms with E-state index >= 15 is 0 Å². The Morgan fingerprint density at radius 1 is 1.19 bits per heavy atom. The molecule has 142 valence electrons. The first-order valence-corrected chi connectivity index (χ1v) is 8.88. The Labute approximate surface area is 155 Å². The summed E-state index contributed by atoms with van der Waals surface area (Å²) in [5, 5.41) is 0. The predicted molar refractivity (Wildman–Crippen MR) is 105 cm³/mol. The quantitative estimate of drug-likeness (QED) is 0.607. The van der Waals surface area contributed by atoms with Crippen molar-refractivity contribution in [1.29, 1.82) is 0 Å². The van der Waals surface area contributed by atoms with E-state index in [1.807, 2.05) is 28.8 Å². The average molecular weight is 369 g/mol. The van der Waals surface area contributed by atoms with Gasteiger partial charge in [0, 0.05) is 38.9 Å². The number of anilines is 2. The van der Waals surface area contributed by atoms with Crippen LogP contribution >= 0.6 is 0 Å². The van der Waals surface area contributed by atoms with Crippen LogP contribution in [0.1, 0.15) is 12.0 Å². The van der Waals surface area contributed by atoms with Gasteiger partial charge >= 0.3 is 5.69 Å². The van der Waals surface area contributed by atoms with Crippen molar-refractivity contribution in [2.75, 3.05) is 23.7 Å². The lowest BCUT2D eigenvalue weighted by Crippen LogP contribution is -2.37. The third-order valence-electron chi connectivity index (χ3n) is 5.22. The van der Waals surface area contributed by atoms with Crippen LogP contribution in [-0.4, -0.2) is 37.8 Å². The maximum atomic E-state index is 12.9. The largest absolute Gasteiger partial charge is 0.398 e. The molecule has 1 unspecified atom stereocenters. The maximum Gasteiger partial charge on any atom is 0.332 e. The van der Waals surface area contributed by atoms with Gasteiger partial charge in [-0.2, -0.15) is 4.98 Å². The first kappa shape index (κ1) is 17.3. The van der Waals surface area contributed by atoms with Gasteiger partial charge in [-0.05, 0) is 18.1 Å². The number of fused-ring (bicyclic) bond motifs is 1. The van der Waals surface area contributed by atoms with Crippen LogP contribution in [0.5, 0.6) is 0 Å². The average Bonchev–Trinajstić information content (AvgIpc) is 3.24. The molecular weight excluding hydrogens is 346 g/mol.